The molecule has 2 aromatic carbocycles. The number of halogens is 2. The van der Waals surface area contributed by atoms with E-state index in [-0.39, 0.29) is 17.8 Å². The topological polar surface area (TPSA) is 55.1 Å². The third kappa shape index (κ3) is 4.20. The summed E-state index contributed by atoms with van der Waals surface area (Å²) >= 11 is 5.81. The number of benzene rings is 2. The lowest BCUT2D eigenvalue weighted by Crippen LogP contribution is -2.34. The molecule has 2 rings (SSSR count). The highest BCUT2D eigenvalue weighted by atomic mass is 35.5. The Labute approximate surface area is 127 Å². The van der Waals surface area contributed by atoms with Crippen molar-refractivity contribution < 1.29 is 9.18 Å². The van der Waals surface area contributed by atoms with E-state index in [1.54, 1.807) is 30.3 Å². The van der Waals surface area contributed by atoms with Crippen molar-refractivity contribution >= 4 is 23.2 Å². The van der Waals surface area contributed by atoms with Crippen molar-refractivity contribution in [1.29, 1.82) is 0 Å². The van der Waals surface area contributed by atoms with E-state index in [0.717, 1.165) is 5.56 Å². The van der Waals surface area contributed by atoms with Crippen molar-refractivity contribution in [3.8, 4) is 0 Å². The van der Waals surface area contributed by atoms with Crippen LogP contribution in [0, 0.1) is 5.82 Å². The standard InChI is InChI=1S/C16H16ClFN2O/c1-10(8-11-2-5-13(18)6-3-11)20-16(21)14-7-4-12(17)9-15(14)19/h2-7,9-10H,8,19H2,1H3,(H,20,21). The fourth-order valence-corrected chi connectivity index (χ4v) is 2.25. The van der Waals surface area contributed by atoms with Gasteiger partial charge in [0.05, 0.1) is 5.56 Å². The van der Waals surface area contributed by atoms with Crippen LogP contribution in [0.25, 0.3) is 0 Å². The van der Waals surface area contributed by atoms with Gasteiger partial charge in [0.2, 0.25) is 0 Å². The van der Waals surface area contributed by atoms with Crippen molar-refractivity contribution in [2.45, 2.75) is 19.4 Å². The van der Waals surface area contributed by atoms with Gasteiger partial charge in [-0.15, -0.1) is 0 Å². The lowest BCUT2D eigenvalue weighted by molar-refractivity contribution is 0.0941. The molecular weight excluding hydrogens is 291 g/mol. The first kappa shape index (κ1) is 15.3. The first-order valence-corrected chi connectivity index (χ1v) is 6.94. The van der Waals surface area contributed by atoms with Crippen LogP contribution in [0.3, 0.4) is 0 Å². The van der Waals surface area contributed by atoms with Crippen LogP contribution in [0.4, 0.5) is 10.1 Å². The molecule has 110 valence electrons. The van der Waals surface area contributed by atoms with Gasteiger partial charge in [0.15, 0.2) is 0 Å². The van der Waals surface area contributed by atoms with Crippen molar-refractivity contribution in [1.82, 2.24) is 5.32 Å². The lowest BCUT2D eigenvalue weighted by Gasteiger charge is -2.15. The van der Waals surface area contributed by atoms with Crippen LogP contribution in [0.5, 0.6) is 0 Å². The number of nitrogens with one attached hydrogen (secondary N) is 1. The van der Waals surface area contributed by atoms with Gasteiger partial charge in [-0.25, -0.2) is 4.39 Å². The van der Waals surface area contributed by atoms with E-state index in [0.29, 0.717) is 22.7 Å². The fourth-order valence-electron chi connectivity index (χ4n) is 2.07. The molecule has 1 atom stereocenters. The lowest BCUT2D eigenvalue weighted by atomic mass is 10.1. The van der Waals surface area contributed by atoms with Crippen molar-refractivity contribution in [3.63, 3.8) is 0 Å². The third-order valence-electron chi connectivity index (χ3n) is 3.09. The van der Waals surface area contributed by atoms with Gasteiger partial charge in [0.25, 0.3) is 5.91 Å². The minimum absolute atomic E-state index is 0.0990. The summed E-state index contributed by atoms with van der Waals surface area (Å²) in [6.45, 7) is 1.88. The molecular formula is C16H16ClFN2O. The SMILES string of the molecule is CC(Cc1ccc(F)cc1)NC(=O)c1ccc(Cl)cc1N. The number of nitrogens with two attached hydrogens (primary N) is 1. The monoisotopic (exact) mass is 306 g/mol. The summed E-state index contributed by atoms with van der Waals surface area (Å²) in [6.07, 6.45) is 0.611. The van der Waals surface area contributed by atoms with Gasteiger partial charge in [-0.1, -0.05) is 23.7 Å². The molecule has 0 aromatic heterocycles. The number of carbonyl (C=O) groups excluding carboxylic acids is 1. The van der Waals surface area contributed by atoms with E-state index in [1.165, 1.54) is 12.1 Å². The first-order chi connectivity index (χ1) is 9.95. The second-order valence-electron chi connectivity index (χ2n) is 4.94. The number of hydrogen-bond acceptors (Lipinski definition) is 2. The minimum Gasteiger partial charge on any atom is -0.398 e. The summed E-state index contributed by atoms with van der Waals surface area (Å²) in [5, 5.41) is 3.35. The molecule has 0 aliphatic rings. The molecule has 0 saturated heterocycles. The second-order valence-corrected chi connectivity index (χ2v) is 5.37. The zero-order valence-corrected chi connectivity index (χ0v) is 12.3. The quantitative estimate of drug-likeness (QED) is 0.850. The van der Waals surface area contributed by atoms with Gasteiger partial charge < -0.3 is 11.1 Å². The summed E-state index contributed by atoms with van der Waals surface area (Å²) < 4.78 is 12.8. The summed E-state index contributed by atoms with van der Waals surface area (Å²) in [4.78, 5) is 12.1. The number of carbonyl (C=O) groups is 1. The van der Waals surface area contributed by atoms with Crippen LogP contribution in [0.15, 0.2) is 42.5 Å². The van der Waals surface area contributed by atoms with Gasteiger partial charge in [-0.3, -0.25) is 4.79 Å². The molecule has 0 radical (unpaired) electrons. The molecule has 3 nitrogen and oxygen atoms in total. The van der Waals surface area contributed by atoms with E-state index in [1.807, 2.05) is 6.92 Å². The number of anilines is 1. The molecule has 0 bridgehead atoms. The minimum atomic E-state index is -0.274. The smallest absolute Gasteiger partial charge is 0.253 e. The van der Waals surface area contributed by atoms with Gasteiger partial charge in [-0.05, 0) is 49.2 Å². The largest absolute Gasteiger partial charge is 0.398 e. The molecule has 2 aromatic rings. The fraction of sp³-hybridized carbons (Fsp3) is 0.188. The maximum atomic E-state index is 12.8. The Morgan fingerprint density at radius 2 is 1.95 bits per heavy atom. The molecule has 0 fully saturated rings. The molecule has 21 heavy (non-hydrogen) atoms. The third-order valence-corrected chi connectivity index (χ3v) is 3.33. The highest BCUT2D eigenvalue weighted by Crippen LogP contribution is 2.18. The van der Waals surface area contributed by atoms with Crippen molar-refractivity contribution in [2.75, 3.05) is 5.73 Å². The zero-order chi connectivity index (χ0) is 15.4. The molecule has 5 heteroatoms. The maximum Gasteiger partial charge on any atom is 0.253 e. The predicted octanol–water partition coefficient (Wildman–Crippen LogP) is 3.42. The van der Waals surface area contributed by atoms with Crippen LogP contribution in [-0.2, 0) is 6.42 Å². The Kier molecular flexibility index (Phi) is 4.81. The van der Waals surface area contributed by atoms with E-state index in [4.69, 9.17) is 17.3 Å². The van der Waals surface area contributed by atoms with E-state index >= 15 is 0 Å². The molecule has 1 unspecified atom stereocenters. The van der Waals surface area contributed by atoms with Crippen LogP contribution in [0.1, 0.15) is 22.8 Å². The van der Waals surface area contributed by atoms with Crippen LogP contribution in [-0.4, -0.2) is 11.9 Å². The average Bonchev–Trinajstić information content (AvgIpc) is 2.41. The molecule has 0 spiro atoms. The van der Waals surface area contributed by atoms with Gasteiger partial charge >= 0.3 is 0 Å². The molecule has 0 aliphatic carbocycles. The molecule has 3 N–H and O–H groups in total. The maximum absolute atomic E-state index is 12.8. The highest BCUT2D eigenvalue weighted by molar-refractivity contribution is 6.31. The van der Waals surface area contributed by atoms with Crippen LogP contribution >= 0.6 is 11.6 Å². The summed E-state index contributed by atoms with van der Waals surface area (Å²) in [6, 6.07) is 10.9. The van der Waals surface area contributed by atoms with Crippen molar-refractivity contribution in [2.24, 2.45) is 0 Å². The molecule has 0 saturated carbocycles. The van der Waals surface area contributed by atoms with Gasteiger partial charge in [-0.2, -0.15) is 0 Å². The predicted molar refractivity (Wildman–Crippen MR) is 82.9 cm³/mol. The number of nitrogen functional groups attached to an aromatic ring is 1. The molecule has 1 amide bonds. The Bertz CT molecular complexity index is 643. The van der Waals surface area contributed by atoms with Gasteiger partial charge in [0, 0.05) is 16.8 Å². The first-order valence-electron chi connectivity index (χ1n) is 6.56. The Hall–Kier alpha value is -2.07. The number of hydrogen-bond donors (Lipinski definition) is 2. The zero-order valence-electron chi connectivity index (χ0n) is 11.6. The van der Waals surface area contributed by atoms with E-state index in [9.17, 15) is 9.18 Å². The Morgan fingerprint density at radius 1 is 1.29 bits per heavy atom. The molecule has 0 heterocycles. The van der Waals surface area contributed by atoms with Crippen LogP contribution < -0.4 is 11.1 Å². The summed E-state index contributed by atoms with van der Waals surface area (Å²) in [5.74, 6) is -0.525. The Morgan fingerprint density at radius 3 is 2.57 bits per heavy atom. The Balaban J connectivity index is 2.00. The second kappa shape index (κ2) is 6.59. The summed E-state index contributed by atoms with van der Waals surface area (Å²) in [5.41, 5.74) is 7.47. The van der Waals surface area contributed by atoms with Crippen LogP contribution in [0.2, 0.25) is 5.02 Å². The highest BCUT2D eigenvalue weighted by Gasteiger charge is 2.13. The average molecular weight is 307 g/mol. The number of amides is 1. The van der Waals surface area contributed by atoms with E-state index < -0.39 is 0 Å². The van der Waals surface area contributed by atoms with Gasteiger partial charge in [0.1, 0.15) is 5.82 Å². The van der Waals surface area contributed by atoms with E-state index in [2.05, 4.69) is 5.32 Å². The normalized spacial score (nSPS) is 12.0. The van der Waals surface area contributed by atoms with Crippen molar-refractivity contribution in [3.05, 3.63) is 64.4 Å². The summed E-state index contributed by atoms with van der Waals surface area (Å²) in [7, 11) is 0. The molecule has 0 aliphatic heterocycles. The number of rotatable bonds is 4.